The molecule has 0 bridgehead atoms. The van der Waals surface area contributed by atoms with Crippen molar-refractivity contribution in [3.63, 3.8) is 0 Å². The summed E-state index contributed by atoms with van der Waals surface area (Å²) in [4.78, 5) is 3.44. The third kappa shape index (κ3) is 1.98. The third-order valence-electron chi connectivity index (χ3n) is 4.52. The van der Waals surface area contributed by atoms with Crippen LogP contribution in [-0.2, 0) is 9.31 Å². The highest BCUT2D eigenvalue weighted by Gasteiger charge is 2.43. The minimum atomic E-state index is -0.284. The summed E-state index contributed by atoms with van der Waals surface area (Å²) in [6.07, 6.45) is 0.0844. The molecule has 0 amide bonds. The van der Waals surface area contributed by atoms with Gasteiger partial charge in [0.2, 0.25) is 0 Å². The molecule has 106 valence electrons. The minimum absolute atomic E-state index is 0.0844. The molecule has 1 aliphatic heterocycles. The average Bonchev–Trinajstić information content (AvgIpc) is 2.96. The molecule has 2 heterocycles. The average molecular weight is 279 g/mol. The molecule has 4 heteroatoms. The fourth-order valence-corrected chi connectivity index (χ4v) is 2.91. The molecule has 0 aliphatic carbocycles. The zero-order chi connectivity index (χ0) is 14.6. The summed E-state index contributed by atoms with van der Waals surface area (Å²) in [6, 6.07) is 14.7. The van der Waals surface area contributed by atoms with E-state index in [1.165, 1.54) is 10.8 Å². The zero-order valence-corrected chi connectivity index (χ0v) is 12.5. The van der Waals surface area contributed by atoms with Gasteiger partial charge in [-0.2, -0.15) is 0 Å². The lowest BCUT2D eigenvalue weighted by Crippen LogP contribution is -2.34. The molecule has 3 nitrogen and oxygen atoms in total. The van der Waals surface area contributed by atoms with E-state index in [0.717, 1.165) is 16.5 Å². The van der Waals surface area contributed by atoms with Crippen molar-refractivity contribution >= 4 is 34.4 Å². The smallest absolute Gasteiger partial charge is 0.402 e. The van der Waals surface area contributed by atoms with Crippen LogP contribution in [0.1, 0.15) is 20.8 Å². The van der Waals surface area contributed by atoms with E-state index in [4.69, 9.17) is 9.31 Å². The van der Waals surface area contributed by atoms with Crippen LogP contribution in [0.25, 0.3) is 21.8 Å². The first-order valence-corrected chi connectivity index (χ1v) is 7.38. The summed E-state index contributed by atoms with van der Waals surface area (Å²) in [5.41, 5.74) is 3.13. The Kier molecular flexibility index (Phi) is 2.68. The van der Waals surface area contributed by atoms with Gasteiger partial charge in [-0.1, -0.05) is 30.3 Å². The standard InChI is InChI=1S/C17H18BNO2/c1-11-17(2,3)21-18(20-11)12-8-9-16-14(10-12)13-6-4-5-7-15(13)19-16/h4-11,19H,1-3H3. The van der Waals surface area contributed by atoms with Gasteiger partial charge in [0.25, 0.3) is 0 Å². The normalized spacial score (nSPS) is 21.5. The molecule has 0 spiro atoms. The molecule has 21 heavy (non-hydrogen) atoms. The van der Waals surface area contributed by atoms with Crippen molar-refractivity contribution in [2.24, 2.45) is 0 Å². The Bertz CT molecular complexity index is 824. The van der Waals surface area contributed by atoms with E-state index in [2.05, 4.69) is 62.2 Å². The van der Waals surface area contributed by atoms with Crippen LogP contribution in [0.15, 0.2) is 42.5 Å². The maximum atomic E-state index is 6.05. The molecule has 1 aromatic heterocycles. The molecular weight excluding hydrogens is 261 g/mol. The number of nitrogens with one attached hydrogen (secondary N) is 1. The first-order valence-electron chi connectivity index (χ1n) is 7.38. The highest BCUT2D eigenvalue weighted by molar-refractivity contribution is 6.62. The summed E-state index contributed by atoms with van der Waals surface area (Å²) in [7, 11) is -0.284. The topological polar surface area (TPSA) is 34.2 Å². The maximum Gasteiger partial charge on any atom is 0.494 e. The van der Waals surface area contributed by atoms with E-state index in [1.54, 1.807) is 0 Å². The lowest BCUT2D eigenvalue weighted by Gasteiger charge is -2.21. The second kappa shape index (κ2) is 4.36. The Hall–Kier alpha value is -1.78. The summed E-state index contributed by atoms with van der Waals surface area (Å²) in [6.45, 7) is 6.20. The summed E-state index contributed by atoms with van der Waals surface area (Å²) < 4.78 is 12.0. The predicted molar refractivity (Wildman–Crippen MR) is 86.9 cm³/mol. The Balaban J connectivity index is 1.82. The lowest BCUT2D eigenvalue weighted by molar-refractivity contribution is 0.0842. The van der Waals surface area contributed by atoms with Crippen LogP contribution in [0.4, 0.5) is 0 Å². The predicted octanol–water partition coefficient (Wildman–Crippen LogP) is 3.23. The first kappa shape index (κ1) is 12.9. The van der Waals surface area contributed by atoms with Crippen molar-refractivity contribution in [1.29, 1.82) is 0 Å². The Labute approximate surface area is 124 Å². The highest BCUT2D eigenvalue weighted by atomic mass is 16.7. The van der Waals surface area contributed by atoms with Gasteiger partial charge in [-0.3, -0.25) is 0 Å². The van der Waals surface area contributed by atoms with E-state index >= 15 is 0 Å². The van der Waals surface area contributed by atoms with Gasteiger partial charge in [-0.25, -0.2) is 0 Å². The zero-order valence-electron chi connectivity index (χ0n) is 12.5. The summed E-state index contributed by atoms with van der Waals surface area (Å²) >= 11 is 0. The molecular formula is C17H18BNO2. The van der Waals surface area contributed by atoms with Crippen molar-refractivity contribution in [2.45, 2.75) is 32.5 Å². The fraction of sp³-hybridized carbons (Fsp3) is 0.294. The van der Waals surface area contributed by atoms with Crippen LogP contribution in [0.2, 0.25) is 0 Å². The maximum absolute atomic E-state index is 6.05. The Morgan fingerprint density at radius 3 is 2.57 bits per heavy atom. The molecule has 1 unspecified atom stereocenters. The number of para-hydroxylation sites is 1. The molecule has 1 saturated heterocycles. The van der Waals surface area contributed by atoms with Gasteiger partial charge >= 0.3 is 7.12 Å². The molecule has 1 fully saturated rings. The molecule has 3 aromatic rings. The van der Waals surface area contributed by atoms with Gasteiger partial charge in [0, 0.05) is 21.8 Å². The monoisotopic (exact) mass is 279 g/mol. The van der Waals surface area contributed by atoms with Crippen molar-refractivity contribution in [3.05, 3.63) is 42.5 Å². The van der Waals surface area contributed by atoms with Crippen LogP contribution < -0.4 is 5.46 Å². The van der Waals surface area contributed by atoms with Gasteiger partial charge in [0.05, 0.1) is 11.7 Å². The van der Waals surface area contributed by atoms with E-state index < -0.39 is 0 Å². The number of rotatable bonds is 1. The van der Waals surface area contributed by atoms with E-state index in [0.29, 0.717) is 0 Å². The minimum Gasteiger partial charge on any atom is -0.402 e. The number of hydrogen-bond acceptors (Lipinski definition) is 2. The number of hydrogen-bond donors (Lipinski definition) is 1. The van der Waals surface area contributed by atoms with Gasteiger partial charge < -0.3 is 14.3 Å². The largest absolute Gasteiger partial charge is 0.494 e. The Morgan fingerprint density at radius 2 is 1.81 bits per heavy atom. The van der Waals surface area contributed by atoms with Crippen molar-refractivity contribution in [1.82, 2.24) is 4.98 Å². The number of aromatic amines is 1. The SMILES string of the molecule is CC1OB(c2ccc3[nH]c4ccccc4c3c2)OC1(C)C. The number of aromatic nitrogens is 1. The highest BCUT2D eigenvalue weighted by Crippen LogP contribution is 2.28. The quantitative estimate of drug-likeness (QED) is 0.694. The first-order chi connectivity index (χ1) is 10.0. The van der Waals surface area contributed by atoms with Crippen molar-refractivity contribution in [2.75, 3.05) is 0 Å². The van der Waals surface area contributed by atoms with Crippen molar-refractivity contribution < 1.29 is 9.31 Å². The van der Waals surface area contributed by atoms with Crippen LogP contribution in [0, 0.1) is 0 Å². The number of H-pyrrole nitrogens is 1. The Morgan fingerprint density at radius 1 is 1.05 bits per heavy atom. The molecule has 1 aliphatic rings. The van der Waals surface area contributed by atoms with E-state index in [1.807, 2.05) is 6.07 Å². The lowest BCUT2D eigenvalue weighted by atomic mass is 9.78. The molecule has 1 atom stereocenters. The molecule has 4 rings (SSSR count). The van der Waals surface area contributed by atoms with Gasteiger partial charge in [0.1, 0.15) is 0 Å². The fourth-order valence-electron chi connectivity index (χ4n) is 2.91. The second-order valence-corrected chi connectivity index (χ2v) is 6.31. The summed E-state index contributed by atoms with van der Waals surface area (Å²) in [5, 5.41) is 2.45. The molecule has 0 saturated carbocycles. The van der Waals surface area contributed by atoms with Crippen LogP contribution >= 0.6 is 0 Å². The number of benzene rings is 2. The molecule has 1 N–H and O–H groups in total. The van der Waals surface area contributed by atoms with Gasteiger partial charge in [0.15, 0.2) is 0 Å². The third-order valence-corrected chi connectivity index (χ3v) is 4.52. The van der Waals surface area contributed by atoms with Crippen LogP contribution in [0.5, 0.6) is 0 Å². The molecule has 0 radical (unpaired) electrons. The van der Waals surface area contributed by atoms with Crippen LogP contribution in [-0.4, -0.2) is 23.8 Å². The van der Waals surface area contributed by atoms with E-state index in [9.17, 15) is 0 Å². The summed E-state index contributed by atoms with van der Waals surface area (Å²) in [5.74, 6) is 0. The van der Waals surface area contributed by atoms with Gasteiger partial charge in [-0.15, -0.1) is 0 Å². The molecule has 2 aromatic carbocycles. The van der Waals surface area contributed by atoms with E-state index in [-0.39, 0.29) is 18.8 Å². The number of fused-ring (bicyclic) bond motifs is 3. The van der Waals surface area contributed by atoms with Crippen LogP contribution in [0.3, 0.4) is 0 Å². The second-order valence-electron chi connectivity index (χ2n) is 6.31. The van der Waals surface area contributed by atoms with Gasteiger partial charge in [-0.05, 0) is 38.4 Å². The van der Waals surface area contributed by atoms with Crippen molar-refractivity contribution in [3.8, 4) is 0 Å².